The number of hydrogen-bond acceptors (Lipinski definition) is 3. The van der Waals surface area contributed by atoms with Gasteiger partial charge in [0, 0.05) is 6.42 Å². The molecule has 0 aliphatic carbocycles. The summed E-state index contributed by atoms with van der Waals surface area (Å²) in [4.78, 5) is 10.0. The Kier molecular flexibility index (Phi) is 4.26. The number of ether oxygens (including phenoxy) is 1. The quantitative estimate of drug-likeness (QED) is 0.451. The molecule has 2 N–H and O–H groups in total. The lowest BCUT2D eigenvalue weighted by Crippen LogP contribution is -1.88. The molecule has 1 saturated heterocycles. The Morgan fingerprint density at radius 1 is 1.62 bits per heavy atom. The highest BCUT2D eigenvalue weighted by Gasteiger charge is 2.08. The van der Waals surface area contributed by atoms with Gasteiger partial charge in [-0.05, 0) is 13.5 Å². The van der Waals surface area contributed by atoms with Crippen LogP contribution >= 0.6 is 0 Å². The molecule has 8 heavy (non-hydrogen) atoms. The van der Waals surface area contributed by atoms with Gasteiger partial charge < -0.3 is 10.5 Å². The van der Waals surface area contributed by atoms with Crippen LogP contribution in [0.2, 0.25) is 0 Å². The predicted molar refractivity (Wildman–Crippen MR) is 30.3 cm³/mol. The van der Waals surface area contributed by atoms with Gasteiger partial charge in [0.15, 0.2) is 0 Å². The normalized spacial score (nSPS) is 16.5. The Hall–Kier alpha value is -0.570. The van der Waals surface area contributed by atoms with Crippen molar-refractivity contribution < 1.29 is 9.53 Å². The van der Waals surface area contributed by atoms with Crippen LogP contribution in [-0.4, -0.2) is 19.6 Å². The molecule has 0 amide bonds. The smallest absolute Gasteiger partial charge is 0.305 e. The van der Waals surface area contributed by atoms with Crippen molar-refractivity contribution in [2.75, 3.05) is 13.7 Å². The number of cyclic esters (lactones) is 1. The summed E-state index contributed by atoms with van der Waals surface area (Å²) < 4.78 is 4.51. The average molecular weight is 117 g/mol. The Balaban J connectivity index is 0.000000222. The number of hydrogen-bond donors (Lipinski definition) is 1. The molecule has 3 heteroatoms. The fourth-order valence-corrected chi connectivity index (χ4v) is 0.475. The second-order valence-corrected chi connectivity index (χ2v) is 1.32. The molecule has 0 aromatic heterocycles. The highest BCUT2D eigenvalue weighted by atomic mass is 16.5. The van der Waals surface area contributed by atoms with E-state index in [0.29, 0.717) is 13.0 Å². The summed E-state index contributed by atoms with van der Waals surface area (Å²) in [6, 6.07) is 0. The van der Waals surface area contributed by atoms with Gasteiger partial charge in [-0.2, -0.15) is 0 Å². The average Bonchev–Trinajstić information content (AvgIpc) is 2.24. The molecule has 0 spiro atoms. The predicted octanol–water partition coefficient (Wildman–Crippen LogP) is -0.102. The van der Waals surface area contributed by atoms with Gasteiger partial charge in [-0.3, -0.25) is 4.79 Å². The molecule has 3 nitrogen and oxygen atoms in total. The Morgan fingerprint density at radius 2 is 2.25 bits per heavy atom. The molecule has 48 valence electrons. The Morgan fingerprint density at radius 3 is 2.38 bits per heavy atom. The number of rotatable bonds is 0. The van der Waals surface area contributed by atoms with Gasteiger partial charge in [0.1, 0.15) is 0 Å². The summed E-state index contributed by atoms with van der Waals surface area (Å²) in [5.74, 6) is -0.0463. The topological polar surface area (TPSA) is 52.3 Å². The van der Waals surface area contributed by atoms with Crippen molar-refractivity contribution >= 4 is 5.97 Å². The molecule has 0 radical (unpaired) electrons. The first-order valence-electron chi connectivity index (χ1n) is 2.63. The van der Waals surface area contributed by atoms with E-state index < -0.39 is 0 Å². The van der Waals surface area contributed by atoms with E-state index in [2.05, 4.69) is 10.5 Å². The van der Waals surface area contributed by atoms with Crippen molar-refractivity contribution in [1.29, 1.82) is 0 Å². The first kappa shape index (κ1) is 7.43. The molecule has 0 aromatic carbocycles. The van der Waals surface area contributed by atoms with Crippen molar-refractivity contribution in [3.63, 3.8) is 0 Å². The van der Waals surface area contributed by atoms with Crippen molar-refractivity contribution in [1.82, 2.24) is 0 Å². The lowest BCUT2D eigenvalue weighted by molar-refractivity contribution is -0.137. The lowest BCUT2D eigenvalue weighted by atomic mass is 10.4. The fraction of sp³-hybridized carbons (Fsp3) is 0.800. The third-order valence-corrected chi connectivity index (χ3v) is 0.788. The number of carbonyl (C=O) groups is 1. The van der Waals surface area contributed by atoms with Crippen molar-refractivity contribution in [2.24, 2.45) is 5.73 Å². The van der Waals surface area contributed by atoms with E-state index in [4.69, 9.17) is 0 Å². The molecule has 1 aliphatic heterocycles. The van der Waals surface area contributed by atoms with Crippen molar-refractivity contribution in [2.45, 2.75) is 12.8 Å². The maximum atomic E-state index is 10.0. The van der Waals surface area contributed by atoms with E-state index in [1.54, 1.807) is 0 Å². The molecule has 0 saturated carbocycles. The minimum absolute atomic E-state index is 0.0463. The van der Waals surface area contributed by atoms with Gasteiger partial charge in [0.05, 0.1) is 6.61 Å². The molecular weight excluding hydrogens is 106 g/mol. The van der Waals surface area contributed by atoms with Gasteiger partial charge in [-0.15, -0.1) is 0 Å². The van der Waals surface area contributed by atoms with Crippen LogP contribution in [0, 0.1) is 0 Å². The zero-order chi connectivity index (χ0) is 6.41. The third-order valence-electron chi connectivity index (χ3n) is 0.788. The molecule has 0 bridgehead atoms. The first-order chi connectivity index (χ1) is 3.89. The molecule has 1 heterocycles. The van der Waals surface area contributed by atoms with Crippen LogP contribution in [0.5, 0.6) is 0 Å². The van der Waals surface area contributed by atoms with Gasteiger partial charge in [-0.25, -0.2) is 0 Å². The van der Waals surface area contributed by atoms with E-state index in [-0.39, 0.29) is 5.97 Å². The summed E-state index contributed by atoms with van der Waals surface area (Å²) in [6.07, 6.45) is 1.54. The van der Waals surface area contributed by atoms with E-state index in [0.717, 1.165) is 6.42 Å². The zero-order valence-corrected chi connectivity index (χ0v) is 5.02. The van der Waals surface area contributed by atoms with Crippen molar-refractivity contribution in [3.8, 4) is 0 Å². The zero-order valence-electron chi connectivity index (χ0n) is 5.02. The number of nitrogens with two attached hydrogens (primary N) is 1. The van der Waals surface area contributed by atoms with Crippen LogP contribution in [-0.2, 0) is 9.53 Å². The van der Waals surface area contributed by atoms with Crippen molar-refractivity contribution in [3.05, 3.63) is 0 Å². The highest BCUT2D eigenvalue weighted by molar-refractivity contribution is 5.70. The van der Waals surface area contributed by atoms with Crippen LogP contribution in [0.4, 0.5) is 0 Å². The van der Waals surface area contributed by atoms with Gasteiger partial charge in [-0.1, -0.05) is 0 Å². The molecule has 0 atom stereocenters. The summed E-state index contributed by atoms with van der Waals surface area (Å²) in [5.41, 5.74) is 4.50. The minimum Gasteiger partial charge on any atom is -0.466 e. The largest absolute Gasteiger partial charge is 0.466 e. The Labute approximate surface area is 48.8 Å². The van der Waals surface area contributed by atoms with E-state index in [1.165, 1.54) is 7.05 Å². The number of esters is 1. The molecule has 1 fully saturated rings. The standard InChI is InChI=1S/C4H6O2.CH5N/c5-4-2-1-3-6-4;1-2/h1-3H2;2H2,1H3. The summed E-state index contributed by atoms with van der Waals surface area (Å²) in [6.45, 7) is 0.638. The van der Waals surface area contributed by atoms with Crippen LogP contribution in [0.25, 0.3) is 0 Å². The van der Waals surface area contributed by atoms with E-state index >= 15 is 0 Å². The van der Waals surface area contributed by atoms with Crippen LogP contribution in [0.15, 0.2) is 0 Å². The molecular formula is C5H11NO2. The Bertz CT molecular complexity index is 64.8. The van der Waals surface area contributed by atoms with E-state index in [1.807, 2.05) is 0 Å². The molecule has 0 aromatic rings. The van der Waals surface area contributed by atoms with Crippen LogP contribution < -0.4 is 5.73 Å². The number of carbonyl (C=O) groups excluding carboxylic acids is 1. The highest BCUT2D eigenvalue weighted by Crippen LogP contribution is 2.01. The molecule has 0 unspecified atom stereocenters. The maximum Gasteiger partial charge on any atom is 0.305 e. The van der Waals surface area contributed by atoms with Crippen LogP contribution in [0.1, 0.15) is 12.8 Å². The first-order valence-corrected chi connectivity index (χ1v) is 2.63. The monoisotopic (exact) mass is 117 g/mol. The van der Waals surface area contributed by atoms with Crippen LogP contribution in [0.3, 0.4) is 0 Å². The van der Waals surface area contributed by atoms with Gasteiger partial charge in [0.2, 0.25) is 0 Å². The van der Waals surface area contributed by atoms with E-state index in [9.17, 15) is 4.79 Å². The fourth-order valence-electron chi connectivity index (χ4n) is 0.475. The molecule has 1 rings (SSSR count). The minimum atomic E-state index is -0.0463. The second kappa shape index (κ2) is 4.59. The second-order valence-electron chi connectivity index (χ2n) is 1.32. The van der Waals surface area contributed by atoms with Gasteiger partial charge >= 0.3 is 5.97 Å². The maximum absolute atomic E-state index is 10.0. The SMILES string of the molecule is CN.O=C1CCCO1. The summed E-state index contributed by atoms with van der Waals surface area (Å²) >= 11 is 0. The summed E-state index contributed by atoms with van der Waals surface area (Å²) in [7, 11) is 1.50. The summed E-state index contributed by atoms with van der Waals surface area (Å²) in [5, 5.41) is 0. The third kappa shape index (κ3) is 2.58. The lowest BCUT2D eigenvalue weighted by Gasteiger charge is -1.81. The molecule has 1 aliphatic rings. The van der Waals surface area contributed by atoms with Gasteiger partial charge in [0.25, 0.3) is 0 Å².